The summed E-state index contributed by atoms with van der Waals surface area (Å²) in [4.78, 5) is 11.7. The van der Waals surface area contributed by atoms with E-state index in [2.05, 4.69) is 10.6 Å². The first-order valence-electron chi connectivity index (χ1n) is 8.14. The Bertz CT molecular complexity index is 279. The molecule has 0 spiro atoms. The molecule has 0 aromatic heterocycles. The maximum atomic E-state index is 11.7. The number of ether oxygens (including phenoxy) is 2. The van der Waals surface area contributed by atoms with E-state index in [4.69, 9.17) is 22.8 Å². The van der Waals surface area contributed by atoms with Crippen LogP contribution < -0.4 is 10.6 Å². The molecule has 0 atom stereocenters. The third-order valence-electron chi connectivity index (χ3n) is 2.77. The van der Waals surface area contributed by atoms with Crippen molar-refractivity contribution in [3.8, 4) is 0 Å². The number of rotatable bonds is 15. The van der Waals surface area contributed by atoms with Crippen molar-refractivity contribution < 1.29 is 27.5 Å². The molecular formula is C14H32N2O6Si. The number of urea groups is 1. The smallest absolute Gasteiger partial charge is 0.382 e. The van der Waals surface area contributed by atoms with Crippen LogP contribution in [-0.4, -0.2) is 74.7 Å². The van der Waals surface area contributed by atoms with Crippen molar-refractivity contribution in [3.63, 3.8) is 0 Å². The van der Waals surface area contributed by atoms with Gasteiger partial charge in [-0.2, -0.15) is 0 Å². The molecule has 0 radical (unpaired) electrons. The Kier molecular flexibility index (Phi) is 14.4. The van der Waals surface area contributed by atoms with Gasteiger partial charge in [0.1, 0.15) is 0 Å². The lowest BCUT2D eigenvalue weighted by Crippen LogP contribution is -2.49. The van der Waals surface area contributed by atoms with E-state index in [1.54, 1.807) is 7.11 Å². The van der Waals surface area contributed by atoms with Gasteiger partial charge < -0.3 is 33.4 Å². The second-order valence-corrected chi connectivity index (χ2v) is 7.25. The van der Waals surface area contributed by atoms with E-state index >= 15 is 0 Å². The zero-order valence-corrected chi connectivity index (χ0v) is 15.8. The number of nitrogens with one attached hydrogen (secondary N) is 2. The van der Waals surface area contributed by atoms with E-state index in [9.17, 15) is 4.79 Å². The number of carbonyl (C=O) groups excluding carboxylic acids is 1. The van der Waals surface area contributed by atoms with Crippen molar-refractivity contribution >= 4 is 14.8 Å². The molecule has 0 rings (SSSR count). The van der Waals surface area contributed by atoms with E-state index in [0.29, 0.717) is 58.8 Å². The number of hydrogen-bond acceptors (Lipinski definition) is 6. The number of methoxy groups -OCH3 is 1. The van der Waals surface area contributed by atoms with Crippen LogP contribution in [0.4, 0.5) is 4.79 Å². The second-order valence-electron chi connectivity index (χ2n) is 4.52. The van der Waals surface area contributed by atoms with Gasteiger partial charge in [-0.3, -0.25) is 0 Å². The fourth-order valence-corrected chi connectivity index (χ4v) is 4.31. The highest BCUT2D eigenvalue weighted by molar-refractivity contribution is 6.60. The van der Waals surface area contributed by atoms with E-state index in [1.807, 2.05) is 20.8 Å². The van der Waals surface area contributed by atoms with Gasteiger partial charge in [0.2, 0.25) is 0 Å². The van der Waals surface area contributed by atoms with Gasteiger partial charge in [0.25, 0.3) is 0 Å². The van der Waals surface area contributed by atoms with Gasteiger partial charge in [-0.25, -0.2) is 4.79 Å². The summed E-state index contributed by atoms with van der Waals surface area (Å²) in [5.74, 6) is 0. The molecule has 138 valence electrons. The number of carbonyl (C=O) groups is 1. The highest BCUT2D eigenvalue weighted by Gasteiger charge is 2.39. The molecule has 2 N–H and O–H groups in total. The fraction of sp³-hybridized carbons (Fsp3) is 0.929. The monoisotopic (exact) mass is 352 g/mol. The topological polar surface area (TPSA) is 87.3 Å². The van der Waals surface area contributed by atoms with E-state index < -0.39 is 8.80 Å². The highest BCUT2D eigenvalue weighted by Crippen LogP contribution is 2.15. The molecule has 2 amide bonds. The van der Waals surface area contributed by atoms with Crippen LogP contribution >= 0.6 is 0 Å². The Morgan fingerprint density at radius 3 is 1.96 bits per heavy atom. The third-order valence-corrected chi connectivity index (χ3v) is 5.82. The van der Waals surface area contributed by atoms with Crippen LogP contribution in [-0.2, 0) is 22.8 Å². The molecule has 0 fully saturated rings. The molecule has 0 saturated carbocycles. The zero-order valence-electron chi connectivity index (χ0n) is 14.8. The predicted molar refractivity (Wildman–Crippen MR) is 89.5 cm³/mol. The van der Waals surface area contributed by atoms with Crippen molar-refractivity contribution in [2.75, 3.05) is 59.8 Å². The average molecular weight is 353 g/mol. The first-order chi connectivity index (χ1) is 11.1. The van der Waals surface area contributed by atoms with E-state index in [0.717, 1.165) is 0 Å². The van der Waals surface area contributed by atoms with Crippen LogP contribution in [0.1, 0.15) is 20.8 Å². The lowest BCUT2D eigenvalue weighted by Gasteiger charge is -2.28. The quantitative estimate of drug-likeness (QED) is 0.338. The third kappa shape index (κ3) is 11.5. The average Bonchev–Trinajstić information content (AvgIpc) is 2.51. The van der Waals surface area contributed by atoms with Crippen LogP contribution in [0, 0.1) is 0 Å². The molecule has 9 heteroatoms. The van der Waals surface area contributed by atoms with Crippen LogP contribution in [0.2, 0.25) is 6.04 Å². The van der Waals surface area contributed by atoms with Gasteiger partial charge in [-0.15, -0.1) is 0 Å². The van der Waals surface area contributed by atoms with Gasteiger partial charge in [-0.1, -0.05) is 0 Å². The van der Waals surface area contributed by atoms with Gasteiger partial charge >= 0.3 is 14.8 Å². The lowest BCUT2D eigenvalue weighted by molar-refractivity contribution is 0.0711. The largest absolute Gasteiger partial charge is 0.502 e. The zero-order chi connectivity index (χ0) is 17.4. The summed E-state index contributed by atoms with van der Waals surface area (Å²) < 4.78 is 27.3. The fourth-order valence-electron chi connectivity index (χ4n) is 1.87. The predicted octanol–water partition coefficient (Wildman–Crippen LogP) is 0.997. The van der Waals surface area contributed by atoms with Crippen molar-refractivity contribution in [2.24, 2.45) is 0 Å². The Hall–Kier alpha value is -0.713. The SMILES string of the molecule is CCO[Si](CCNC(=O)NCCOCCOC)(OCC)OCC. The lowest BCUT2D eigenvalue weighted by atomic mass is 10.6. The van der Waals surface area contributed by atoms with Crippen molar-refractivity contribution in [3.05, 3.63) is 0 Å². The molecule has 0 aliphatic heterocycles. The maximum Gasteiger partial charge on any atom is 0.502 e. The van der Waals surface area contributed by atoms with Gasteiger partial charge in [0.15, 0.2) is 0 Å². The molecule has 0 unspecified atom stereocenters. The molecular weight excluding hydrogens is 320 g/mol. The van der Waals surface area contributed by atoms with Crippen LogP contribution in [0.3, 0.4) is 0 Å². The van der Waals surface area contributed by atoms with Gasteiger partial charge in [0.05, 0.1) is 19.8 Å². The summed E-state index contributed by atoms with van der Waals surface area (Å²) in [6.07, 6.45) is 0. The molecule has 0 aromatic carbocycles. The minimum atomic E-state index is -2.70. The first-order valence-corrected chi connectivity index (χ1v) is 10.1. The molecule has 8 nitrogen and oxygen atoms in total. The second kappa shape index (κ2) is 14.9. The standard InChI is InChI=1S/C14H32N2O6Si/c1-5-20-23(21-6-2,22-7-3)13-9-16-14(17)15-8-10-19-12-11-18-4/h5-13H2,1-4H3,(H2,15,16,17). The summed E-state index contributed by atoms with van der Waals surface area (Å²) in [5.41, 5.74) is 0. The minimum absolute atomic E-state index is 0.243. The molecule has 23 heavy (non-hydrogen) atoms. The molecule has 0 aliphatic rings. The molecule has 0 aromatic rings. The minimum Gasteiger partial charge on any atom is -0.382 e. The Morgan fingerprint density at radius 2 is 1.43 bits per heavy atom. The van der Waals surface area contributed by atoms with E-state index in [1.165, 1.54) is 0 Å². The van der Waals surface area contributed by atoms with Crippen molar-refractivity contribution in [1.29, 1.82) is 0 Å². The summed E-state index contributed by atoms with van der Waals surface area (Å²) in [5, 5.41) is 5.50. The van der Waals surface area contributed by atoms with Crippen LogP contribution in [0.5, 0.6) is 0 Å². The molecule has 0 saturated heterocycles. The molecule has 0 bridgehead atoms. The van der Waals surface area contributed by atoms with Gasteiger partial charge in [-0.05, 0) is 20.8 Å². The van der Waals surface area contributed by atoms with Crippen molar-refractivity contribution in [1.82, 2.24) is 10.6 Å². The summed E-state index contributed by atoms with van der Waals surface area (Å²) in [6.45, 7) is 9.69. The summed E-state index contributed by atoms with van der Waals surface area (Å²) in [6, 6.07) is 0.299. The number of amides is 2. The maximum absolute atomic E-state index is 11.7. The molecule has 0 heterocycles. The van der Waals surface area contributed by atoms with Crippen LogP contribution in [0.15, 0.2) is 0 Å². The Balaban J connectivity index is 3.95. The summed E-state index contributed by atoms with van der Waals surface area (Å²) >= 11 is 0. The Morgan fingerprint density at radius 1 is 0.870 bits per heavy atom. The first kappa shape index (κ1) is 22.3. The van der Waals surface area contributed by atoms with Crippen molar-refractivity contribution in [2.45, 2.75) is 26.8 Å². The van der Waals surface area contributed by atoms with Crippen LogP contribution in [0.25, 0.3) is 0 Å². The normalized spacial score (nSPS) is 11.5. The molecule has 0 aliphatic carbocycles. The van der Waals surface area contributed by atoms with Gasteiger partial charge in [0, 0.05) is 46.1 Å². The van der Waals surface area contributed by atoms with E-state index in [-0.39, 0.29) is 6.03 Å². The summed E-state index contributed by atoms with van der Waals surface area (Å²) in [7, 11) is -1.08. The highest BCUT2D eigenvalue weighted by atomic mass is 28.4. The number of hydrogen-bond donors (Lipinski definition) is 2. The Labute approximate surface area is 140 Å².